The molecule has 2 atom stereocenters. The highest BCUT2D eigenvalue weighted by Crippen LogP contribution is 2.25. The average molecular weight is 352 g/mol. The molecule has 0 saturated carbocycles. The first-order valence-corrected chi connectivity index (χ1v) is 9.01. The van der Waals surface area contributed by atoms with Gasteiger partial charge in [0.2, 0.25) is 0 Å². The maximum Gasteiger partial charge on any atom is 0.265 e. The van der Waals surface area contributed by atoms with Crippen LogP contribution in [0, 0.1) is 0 Å². The van der Waals surface area contributed by atoms with E-state index in [-0.39, 0.29) is 17.9 Å². The molecule has 4 rings (SSSR count). The molecular formula is C19H18N3O2S+. The number of hydrogen-bond acceptors (Lipinski definition) is 4. The van der Waals surface area contributed by atoms with E-state index < -0.39 is 0 Å². The van der Waals surface area contributed by atoms with Crippen LogP contribution in [0.5, 0.6) is 0 Å². The van der Waals surface area contributed by atoms with E-state index in [0.717, 1.165) is 20.1 Å². The van der Waals surface area contributed by atoms with Gasteiger partial charge in [-0.05, 0) is 31.2 Å². The Kier molecular flexibility index (Phi) is 3.86. The lowest BCUT2D eigenvalue weighted by Gasteiger charge is -2.24. The van der Waals surface area contributed by atoms with Crippen molar-refractivity contribution in [3.63, 3.8) is 0 Å². The number of amides is 2. The Morgan fingerprint density at radius 3 is 2.28 bits per heavy atom. The van der Waals surface area contributed by atoms with Gasteiger partial charge in [-0.25, -0.2) is 9.88 Å². The van der Waals surface area contributed by atoms with Gasteiger partial charge in [-0.1, -0.05) is 24.3 Å². The third-order valence-corrected chi connectivity index (χ3v) is 5.92. The maximum atomic E-state index is 12.5. The van der Waals surface area contributed by atoms with Crippen molar-refractivity contribution in [1.29, 1.82) is 0 Å². The van der Waals surface area contributed by atoms with Crippen molar-refractivity contribution < 1.29 is 14.5 Å². The van der Waals surface area contributed by atoms with Gasteiger partial charge in [-0.3, -0.25) is 9.59 Å². The highest BCUT2D eigenvalue weighted by molar-refractivity contribution is 7.18. The lowest BCUT2D eigenvalue weighted by atomic mass is 10.1. The monoisotopic (exact) mass is 352 g/mol. The van der Waals surface area contributed by atoms with Gasteiger partial charge < -0.3 is 4.90 Å². The fourth-order valence-corrected chi connectivity index (χ4v) is 4.17. The standard InChI is InChI=1S/C19H17N3O2S/c1-12(17-20-15-9-5-6-10-16(15)25-17)21(2)11-22-18(23)13-7-3-4-8-14(13)19(22)24/h3-10,12H,11H2,1-2H3/p+1/t12-/m1/s1. The molecule has 2 aromatic carbocycles. The van der Waals surface area contributed by atoms with Crippen molar-refractivity contribution in [2.45, 2.75) is 13.0 Å². The number of benzene rings is 2. The normalized spacial score (nSPS) is 16.3. The third-order valence-electron chi connectivity index (χ3n) is 4.71. The maximum absolute atomic E-state index is 12.5. The minimum absolute atomic E-state index is 0.0849. The summed E-state index contributed by atoms with van der Waals surface area (Å²) in [6.45, 7) is 2.40. The molecule has 5 nitrogen and oxygen atoms in total. The highest BCUT2D eigenvalue weighted by Gasteiger charge is 2.37. The fraction of sp³-hybridized carbons (Fsp3) is 0.211. The Balaban J connectivity index is 1.55. The molecule has 6 heteroatoms. The predicted octanol–water partition coefficient (Wildman–Crippen LogP) is 2.13. The average Bonchev–Trinajstić information content (AvgIpc) is 3.17. The number of fused-ring (bicyclic) bond motifs is 2. The summed E-state index contributed by atoms with van der Waals surface area (Å²) in [4.78, 5) is 32.1. The van der Waals surface area contributed by atoms with Gasteiger partial charge in [0, 0.05) is 0 Å². The number of nitrogens with one attached hydrogen (secondary N) is 1. The molecule has 1 aliphatic heterocycles. The molecule has 1 N–H and O–H groups in total. The Bertz CT molecular complexity index is 913. The Hall–Kier alpha value is -2.57. The lowest BCUT2D eigenvalue weighted by molar-refractivity contribution is -0.917. The number of imide groups is 1. The van der Waals surface area contributed by atoms with E-state index >= 15 is 0 Å². The van der Waals surface area contributed by atoms with Crippen LogP contribution in [-0.2, 0) is 0 Å². The smallest absolute Gasteiger partial charge is 0.265 e. The van der Waals surface area contributed by atoms with E-state index in [1.807, 2.05) is 25.2 Å². The molecule has 25 heavy (non-hydrogen) atoms. The molecule has 2 amide bonds. The largest absolute Gasteiger partial charge is 0.312 e. The van der Waals surface area contributed by atoms with E-state index in [1.165, 1.54) is 4.90 Å². The highest BCUT2D eigenvalue weighted by atomic mass is 32.1. The minimum atomic E-state index is -0.212. The van der Waals surface area contributed by atoms with Crippen molar-refractivity contribution in [1.82, 2.24) is 9.88 Å². The number of carbonyl (C=O) groups excluding carboxylic acids is 2. The van der Waals surface area contributed by atoms with Crippen LogP contribution in [0.25, 0.3) is 10.2 Å². The second-order valence-corrected chi connectivity index (χ2v) is 7.39. The predicted molar refractivity (Wildman–Crippen MR) is 96.7 cm³/mol. The summed E-state index contributed by atoms with van der Waals surface area (Å²) >= 11 is 1.66. The Morgan fingerprint density at radius 1 is 1.04 bits per heavy atom. The topological polar surface area (TPSA) is 54.7 Å². The molecule has 1 aromatic heterocycles. The van der Waals surface area contributed by atoms with Gasteiger partial charge in [0.25, 0.3) is 11.8 Å². The second-order valence-electron chi connectivity index (χ2n) is 6.33. The summed E-state index contributed by atoms with van der Waals surface area (Å²) in [6.07, 6.45) is 0. The molecule has 0 fully saturated rings. The van der Waals surface area contributed by atoms with Crippen LogP contribution in [0.3, 0.4) is 0 Å². The molecule has 1 aliphatic rings. The van der Waals surface area contributed by atoms with Crippen LogP contribution >= 0.6 is 11.3 Å². The number of hydrogen-bond donors (Lipinski definition) is 1. The van der Waals surface area contributed by atoms with E-state index in [4.69, 9.17) is 4.98 Å². The zero-order valence-electron chi connectivity index (χ0n) is 14.0. The van der Waals surface area contributed by atoms with Gasteiger partial charge in [-0.15, -0.1) is 11.3 Å². The molecule has 1 unspecified atom stereocenters. The number of para-hydroxylation sites is 1. The molecular weight excluding hydrogens is 334 g/mol. The summed E-state index contributed by atoms with van der Waals surface area (Å²) < 4.78 is 1.15. The van der Waals surface area contributed by atoms with Crippen LogP contribution < -0.4 is 4.90 Å². The summed E-state index contributed by atoms with van der Waals surface area (Å²) in [7, 11) is 1.99. The second kappa shape index (κ2) is 6.06. The summed E-state index contributed by atoms with van der Waals surface area (Å²) in [5.41, 5.74) is 1.98. The van der Waals surface area contributed by atoms with Gasteiger partial charge in [0.1, 0.15) is 6.04 Å². The van der Waals surface area contributed by atoms with E-state index in [1.54, 1.807) is 35.6 Å². The van der Waals surface area contributed by atoms with Gasteiger partial charge in [-0.2, -0.15) is 0 Å². The molecule has 0 saturated heterocycles. The van der Waals surface area contributed by atoms with Gasteiger partial charge in [0.15, 0.2) is 11.7 Å². The molecule has 0 radical (unpaired) electrons. The zero-order valence-corrected chi connectivity index (χ0v) is 14.8. The van der Waals surface area contributed by atoms with Crippen molar-refractivity contribution in [3.8, 4) is 0 Å². The van der Waals surface area contributed by atoms with Crippen molar-refractivity contribution >= 4 is 33.4 Å². The lowest BCUT2D eigenvalue weighted by Crippen LogP contribution is -3.10. The number of rotatable bonds is 4. The Labute approximate surface area is 149 Å². The zero-order chi connectivity index (χ0) is 17.6. The quantitative estimate of drug-likeness (QED) is 0.732. The summed E-state index contributed by atoms with van der Waals surface area (Å²) in [5, 5.41) is 1.01. The first-order chi connectivity index (χ1) is 12.1. The number of carbonyl (C=O) groups is 2. The fourth-order valence-electron chi connectivity index (χ4n) is 3.06. The molecule has 0 aliphatic carbocycles. The molecule has 0 bridgehead atoms. The van der Waals surface area contributed by atoms with Crippen molar-refractivity contribution in [3.05, 3.63) is 64.7 Å². The van der Waals surface area contributed by atoms with Crippen molar-refractivity contribution in [2.24, 2.45) is 0 Å². The number of thiazole rings is 1. The molecule has 3 aromatic rings. The van der Waals surface area contributed by atoms with Crippen molar-refractivity contribution in [2.75, 3.05) is 13.7 Å². The van der Waals surface area contributed by atoms with E-state index in [0.29, 0.717) is 17.8 Å². The van der Waals surface area contributed by atoms with Gasteiger partial charge >= 0.3 is 0 Å². The van der Waals surface area contributed by atoms with E-state index in [2.05, 4.69) is 13.0 Å². The summed E-state index contributed by atoms with van der Waals surface area (Å²) in [6, 6.07) is 15.1. The first kappa shape index (κ1) is 15.9. The SMILES string of the molecule is C[C@H](c1nc2ccccc2s1)[NH+](C)CN1C(=O)c2ccccc2C1=O. The van der Waals surface area contributed by atoms with Gasteiger partial charge in [0.05, 0.1) is 28.4 Å². The van der Waals surface area contributed by atoms with Crippen LogP contribution in [-0.4, -0.2) is 35.4 Å². The number of aromatic nitrogens is 1. The van der Waals surface area contributed by atoms with Crippen LogP contribution in [0.15, 0.2) is 48.5 Å². The molecule has 0 spiro atoms. The van der Waals surface area contributed by atoms with Crippen LogP contribution in [0.4, 0.5) is 0 Å². The number of nitrogens with zero attached hydrogens (tertiary/aromatic N) is 2. The molecule has 2 heterocycles. The number of quaternary nitrogens is 1. The van der Waals surface area contributed by atoms with E-state index in [9.17, 15) is 9.59 Å². The summed E-state index contributed by atoms with van der Waals surface area (Å²) in [5.74, 6) is -0.423. The molecule has 126 valence electrons. The minimum Gasteiger partial charge on any atom is -0.312 e. The Morgan fingerprint density at radius 2 is 1.64 bits per heavy atom. The third kappa shape index (κ3) is 2.63. The van der Waals surface area contributed by atoms with Crippen LogP contribution in [0.2, 0.25) is 0 Å². The van der Waals surface area contributed by atoms with Crippen LogP contribution in [0.1, 0.15) is 38.7 Å². The first-order valence-electron chi connectivity index (χ1n) is 8.19.